The zero-order chi connectivity index (χ0) is 31.5. The Kier molecular flexibility index (Phi) is 8.93. The summed E-state index contributed by atoms with van der Waals surface area (Å²) >= 11 is 3.57. The number of oxime groups is 1. The number of thiazole rings is 1. The molecule has 1 saturated heterocycles. The van der Waals surface area contributed by atoms with Gasteiger partial charge < -0.3 is 36.6 Å². The molecule has 4 heterocycles. The number of aliphatic carboxylic acids is 2. The van der Waals surface area contributed by atoms with E-state index < -0.39 is 47.5 Å². The molecule has 2 unspecified atom stereocenters. The van der Waals surface area contributed by atoms with E-state index in [-0.39, 0.29) is 28.0 Å². The van der Waals surface area contributed by atoms with Crippen molar-refractivity contribution in [3.63, 3.8) is 0 Å². The van der Waals surface area contributed by atoms with Crippen LogP contribution in [0.4, 0.5) is 16.6 Å². The molecule has 2 aliphatic heterocycles. The Morgan fingerprint density at radius 2 is 1.98 bits per heavy atom. The lowest BCUT2D eigenvalue weighted by atomic mass is 10.0. The molecule has 0 bridgehead atoms. The number of rotatable bonds is 11. The van der Waals surface area contributed by atoms with Crippen LogP contribution in [0, 0.1) is 0 Å². The van der Waals surface area contributed by atoms with Crippen molar-refractivity contribution in [1.82, 2.24) is 15.2 Å². The summed E-state index contributed by atoms with van der Waals surface area (Å²) in [6, 6.07) is 11.6. The zero-order valence-corrected chi connectivity index (χ0v) is 25.0. The molecule has 8 N–H and O–H groups in total. The van der Waals surface area contributed by atoms with Crippen molar-refractivity contribution in [2.24, 2.45) is 5.16 Å². The molecule has 44 heavy (non-hydrogen) atoms. The zero-order valence-electron chi connectivity index (χ0n) is 22.5. The van der Waals surface area contributed by atoms with Crippen LogP contribution in [0.2, 0.25) is 0 Å². The highest BCUT2D eigenvalue weighted by atomic mass is 32.2. The van der Waals surface area contributed by atoms with Crippen LogP contribution in [0.1, 0.15) is 5.69 Å². The van der Waals surface area contributed by atoms with E-state index in [4.69, 9.17) is 27.1 Å². The highest BCUT2D eigenvalue weighted by Crippen LogP contribution is 2.41. The standard InChI is InChI=1S/C26H24N8O7S3/c27-13-6-16(28)33(14-4-2-1-3-5-14)17(7-13)42-9-12-10-43-24-20(23(38)34(24)21(12)25(39)40)31-22(37)19(32-41-8-18(35)36)15-11-44-26(29)30-15/h1-7,11,20,24H,8-10H2,(H8,27,28,29,30,31,35,36,37,39,40)/b32-19-. The molecular formula is C26H24N8O7S3. The molecule has 5 rings (SSSR count). The molecular weight excluding hydrogens is 633 g/mol. The molecule has 2 aromatic heterocycles. The van der Waals surface area contributed by atoms with Crippen LogP contribution < -0.4 is 32.2 Å². The second kappa shape index (κ2) is 12.8. The number of hydrogen-bond acceptors (Lipinski definition) is 14. The monoisotopic (exact) mass is 656 g/mol. The van der Waals surface area contributed by atoms with Crippen LogP contribution in [-0.4, -0.2) is 74.0 Å². The lowest BCUT2D eigenvalue weighted by Gasteiger charge is -2.50. The predicted molar refractivity (Wildman–Crippen MR) is 161 cm³/mol. The molecule has 15 nitrogen and oxygen atoms in total. The van der Waals surface area contributed by atoms with Crippen LogP contribution in [0.3, 0.4) is 0 Å². The first-order valence-electron chi connectivity index (χ1n) is 12.7. The van der Waals surface area contributed by atoms with Gasteiger partial charge in [-0.15, -0.1) is 23.1 Å². The number of benzene rings is 1. The second-order valence-corrected chi connectivity index (χ2v) is 12.3. The van der Waals surface area contributed by atoms with Crippen molar-refractivity contribution in [2.45, 2.75) is 16.4 Å². The number of nitrogens with two attached hydrogens (primary N) is 3. The number of para-hydroxylation sites is 1. The van der Waals surface area contributed by atoms with Crippen LogP contribution in [0.5, 0.6) is 0 Å². The SMILES string of the molecule is Nc1cc(N)[n+](-c2ccccc2)c(SCC2=C(C(=O)[O-])N3C(=O)C(NC(=O)/C(=N\OCC(=O)O)c4csc(N)n4)C3SC2)c1. The highest BCUT2D eigenvalue weighted by molar-refractivity contribution is 8.01. The Hall–Kier alpha value is -4.81. The number of β-lactam (4-membered cyclic amide) rings is 1. The van der Waals surface area contributed by atoms with Gasteiger partial charge in [-0.1, -0.05) is 35.1 Å². The first-order valence-corrected chi connectivity index (χ1v) is 15.6. The molecule has 228 valence electrons. The predicted octanol–water partition coefficient (Wildman–Crippen LogP) is -0.832. The third kappa shape index (κ3) is 6.26. The summed E-state index contributed by atoms with van der Waals surface area (Å²) in [4.78, 5) is 59.2. The lowest BCUT2D eigenvalue weighted by Crippen LogP contribution is -2.71. The minimum absolute atomic E-state index is 0.0138. The smallest absolute Gasteiger partial charge is 0.344 e. The van der Waals surface area contributed by atoms with Gasteiger partial charge in [0.25, 0.3) is 17.6 Å². The Balaban J connectivity index is 1.35. The van der Waals surface area contributed by atoms with Crippen LogP contribution >= 0.6 is 34.9 Å². The summed E-state index contributed by atoms with van der Waals surface area (Å²) in [5.41, 5.74) is 19.0. The minimum Gasteiger partial charge on any atom is -0.543 e. The average Bonchev–Trinajstić information content (AvgIpc) is 3.41. The number of aromatic nitrogens is 2. The fourth-order valence-electron chi connectivity index (χ4n) is 4.48. The molecule has 1 fully saturated rings. The summed E-state index contributed by atoms with van der Waals surface area (Å²) in [5.74, 6) is -3.61. The maximum atomic E-state index is 13.2. The van der Waals surface area contributed by atoms with E-state index in [0.717, 1.165) is 21.9 Å². The normalized spacial score (nSPS) is 18.0. The number of carboxylic acids is 2. The van der Waals surface area contributed by atoms with E-state index >= 15 is 0 Å². The molecule has 0 aliphatic carbocycles. The maximum Gasteiger partial charge on any atom is 0.344 e. The van der Waals surface area contributed by atoms with Gasteiger partial charge in [-0.2, -0.15) is 4.57 Å². The van der Waals surface area contributed by atoms with Gasteiger partial charge in [0, 0.05) is 28.6 Å². The minimum atomic E-state index is -1.53. The van der Waals surface area contributed by atoms with E-state index in [0.29, 0.717) is 22.1 Å². The van der Waals surface area contributed by atoms with Gasteiger partial charge in [-0.25, -0.2) is 9.78 Å². The first kappa shape index (κ1) is 30.6. The van der Waals surface area contributed by atoms with Crippen LogP contribution in [-0.2, 0) is 24.0 Å². The van der Waals surface area contributed by atoms with Gasteiger partial charge >= 0.3 is 5.97 Å². The van der Waals surface area contributed by atoms with Gasteiger partial charge in [0.05, 0.1) is 17.7 Å². The van der Waals surface area contributed by atoms with Gasteiger partial charge in [0.2, 0.25) is 6.61 Å². The summed E-state index contributed by atoms with van der Waals surface area (Å²) in [6.45, 7) is -0.820. The number of anilines is 3. The van der Waals surface area contributed by atoms with Crippen molar-refractivity contribution in [2.75, 3.05) is 35.3 Å². The summed E-state index contributed by atoms with van der Waals surface area (Å²) in [5, 5.41) is 28.7. The number of carboxylic acid groups (broad SMARTS) is 2. The summed E-state index contributed by atoms with van der Waals surface area (Å²) in [6.07, 6.45) is 0. The first-order chi connectivity index (χ1) is 21.0. The fourth-order valence-corrected chi connectivity index (χ4v) is 7.62. The maximum absolute atomic E-state index is 13.2. The third-order valence-corrected chi connectivity index (χ3v) is 9.45. The molecule has 2 amide bonds. The topological polar surface area (TPSA) is 243 Å². The number of carbonyl (C=O) groups excluding carboxylic acids is 3. The molecule has 0 radical (unpaired) electrons. The second-order valence-electron chi connectivity index (χ2n) is 9.29. The number of nitrogens with zero attached hydrogens (tertiary/aromatic N) is 4. The molecule has 3 aromatic rings. The Morgan fingerprint density at radius 1 is 1.23 bits per heavy atom. The van der Waals surface area contributed by atoms with Crippen LogP contribution in [0.15, 0.2) is 69.3 Å². The molecule has 2 aliphatic rings. The van der Waals surface area contributed by atoms with Gasteiger partial charge in [-0.3, -0.25) is 20.2 Å². The van der Waals surface area contributed by atoms with Crippen molar-refractivity contribution < 1.29 is 38.8 Å². The fraction of sp³-hybridized carbons (Fsp3) is 0.192. The van der Waals surface area contributed by atoms with Crippen molar-refractivity contribution >= 4 is 81.0 Å². The van der Waals surface area contributed by atoms with Crippen LogP contribution in [0.25, 0.3) is 5.69 Å². The number of pyridine rings is 1. The van der Waals surface area contributed by atoms with Gasteiger partial charge in [0.1, 0.15) is 22.8 Å². The van der Waals surface area contributed by atoms with E-state index in [2.05, 4.69) is 15.5 Å². The quantitative estimate of drug-likeness (QED) is 0.0557. The largest absolute Gasteiger partial charge is 0.543 e. The summed E-state index contributed by atoms with van der Waals surface area (Å²) < 4.78 is 1.79. The number of amides is 2. The lowest BCUT2D eigenvalue weighted by molar-refractivity contribution is -0.620. The van der Waals surface area contributed by atoms with Gasteiger partial charge in [-0.05, 0) is 17.7 Å². The number of thioether (sulfide) groups is 2. The third-order valence-electron chi connectivity index (χ3n) is 6.34. The van der Waals surface area contributed by atoms with E-state index in [1.54, 1.807) is 16.7 Å². The number of nitrogens with one attached hydrogen (secondary N) is 1. The highest BCUT2D eigenvalue weighted by Gasteiger charge is 2.53. The Labute approximate surface area is 261 Å². The number of hydrogen-bond donors (Lipinski definition) is 5. The molecule has 1 aromatic carbocycles. The Bertz CT molecular complexity index is 1710. The number of carbonyl (C=O) groups is 4. The molecule has 0 saturated carbocycles. The van der Waals surface area contributed by atoms with Gasteiger partial charge in [0.15, 0.2) is 15.9 Å². The number of fused-ring (bicyclic) bond motifs is 1. The van der Waals surface area contributed by atoms with Crippen molar-refractivity contribution in [3.05, 3.63) is 64.8 Å². The van der Waals surface area contributed by atoms with E-state index in [1.165, 1.54) is 28.9 Å². The Morgan fingerprint density at radius 3 is 2.64 bits per heavy atom. The van der Waals surface area contributed by atoms with Crippen molar-refractivity contribution in [1.29, 1.82) is 0 Å². The van der Waals surface area contributed by atoms with E-state index in [9.17, 15) is 24.3 Å². The molecule has 2 atom stereocenters. The molecule has 0 spiro atoms. The van der Waals surface area contributed by atoms with E-state index in [1.807, 2.05) is 30.3 Å². The average molecular weight is 657 g/mol. The molecule has 18 heteroatoms. The summed E-state index contributed by atoms with van der Waals surface area (Å²) in [7, 11) is 0. The van der Waals surface area contributed by atoms with Crippen molar-refractivity contribution in [3.8, 4) is 5.69 Å². The number of nitrogen functional groups attached to an aromatic ring is 3.